The quantitative estimate of drug-likeness (QED) is 0.711. The topological polar surface area (TPSA) is 72.4 Å². The van der Waals surface area contributed by atoms with Crippen LogP contribution in [-0.4, -0.2) is 36.4 Å². The Hall–Kier alpha value is -1.30. The zero-order valence-electron chi connectivity index (χ0n) is 15.4. The van der Waals surface area contributed by atoms with Gasteiger partial charge in [-0.05, 0) is 44.7 Å². The van der Waals surface area contributed by atoms with Crippen molar-refractivity contribution in [1.29, 1.82) is 0 Å². The van der Waals surface area contributed by atoms with Crippen LogP contribution < -0.4 is 22.9 Å². The van der Waals surface area contributed by atoms with E-state index in [2.05, 4.69) is 5.73 Å². The third-order valence-corrected chi connectivity index (χ3v) is 5.19. The first kappa shape index (κ1) is 21.0. The van der Waals surface area contributed by atoms with Gasteiger partial charge < -0.3 is 32.4 Å². The number of benzene rings is 1. The number of hydrogen-bond donors (Lipinski definition) is 1. The maximum Gasteiger partial charge on any atom is 0.365 e. The maximum atomic E-state index is 12.2. The average Bonchev–Trinajstić information content (AvgIpc) is 3.12. The van der Waals surface area contributed by atoms with Crippen LogP contribution in [0.4, 0.5) is 0 Å². The molecule has 0 amide bonds. The molecule has 146 valence electrons. The molecule has 0 radical (unpaired) electrons. The number of carbonyl (C=O) groups is 1. The Morgan fingerprint density at radius 3 is 2.42 bits per heavy atom. The molecular formula is C20H30ClNO4. The van der Waals surface area contributed by atoms with Crippen molar-refractivity contribution in [2.45, 2.75) is 82.3 Å². The summed E-state index contributed by atoms with van der Waals surface area (Å²) in [5, 5.41) is 0. The summed E-state index contributed by atoms with van der Waals surface area (Å²) in [6, 6.07) is 9.39. The molecule has 2 aliphatic rings. The summed E-state index contributed by atoms with van der Waals surface area (Å²) in [6.45, 7) is 1.90. The molecular weight excluding hydrogens is 354 g/mol. The monoisotopic (exact) mass is 383 g/mol. The van der Waals surface area contributed by atoms with E-state index >= 15 is 0 Å². The molecule has 0 aromatic heterocycles. The Kier molecular flexibility index (Phi) is 8.19. The number of rotatable bonds is 4. The summed E-state index contributed by atoms with van der Waals surface area (Å²) in [5.41, 5.74) is 3.94. The van der Waals surface area contributed by atoms with Gasteiger partial charge in [-0.15, -0.1) is 0 Å². The Labute approximate surface area is 162 Å². The fourth-order valence-corrected chi connectivity index (χ4v) is 3.74. The number of para-hydroxylation sites is 1. The van der Waals surface area contributed by atoms with E-state index in [1.165, 1.54) is 12.8 Å². The first-order valence-electron chi connectivity index (χ1n) is 9.54. The minimum atomic E-state index is -0.374. The Morgan fingerprint density at radius 1 is 1.04 bits per heavy atom. The van der Waals surface area contributed by atoms with E-state index in [4.69, 9.17) is 14.2 Å². The number of carbonyl (C=O) groups excluding carboxylic acids is 1. The van der Waals surface area contributed by atoms with Crippen LogP contribution in [0, 0.1) is 0 Å². The number of ether oxygens (including phenoxy) is 3. The van der Waals surface area contributed by atoms with E-state index in [0.29, 0.717) is 6.10 Å². The second kappa shape index (κ2) is 10.1. The lowest BCUT2D eigenvalue weighted by Crippen LogP contribution is -3.00. The van der Waals surface area contributed by atoms with Gasteiger partial charge in [0.05, 0.1) is 12.2 Å². The summed E-state index contributed by atoms with van der Waals surface area (Å²) in [5.74, 6) is 0.538. The van der Waals surface area contributed by atoms with Crippen LogP contribution >= 0.6 is 0 Å². The van der Waals surface area contributed by atoms with E-state index in [1.807, 2.05) is 37.3 Å². The van der Waals surface area contributed by atoms with E-state index in [-0.39, 0.29) is 42.7 Å². The molecule has 26 heavy (non-hydrogen) atoms. The highest BCUT2D eigenvalue weighted by atomic mass is 35.5. The molecule has 5 nitrogen and oxygen atoms in total. The van der Waals surface area contributed by atoms with Crippen molar-refractivity contribution < 1.29 is 37.1 Å². The lowest BCUT2D eigenvalue weighted by atomic mass is 10.0. The van der Waals surface area contributed by atoms with Crippen LogP contribution in [0.2, 0.25) is 0 Å². The highest BCUT2D eigenvalue weighted by molar-refractivity contribution is 5.74. The number of hydrogen-bond acceptors (Lipinski definition) is 4. The zero-order valence-corrected chi connectivity index (χ0v) is 16.2. The van der Waals surface area contributed by atoms with Crippen molar-refractivity contribution in [2.75, 3.05) is 0 Å². The molecule has 4 atom stereocenters. The van der Waals surface area contributed by atoms with Gasteiger partial charge in [0.15, 0.2) is 12.1 Å². The molecule has 1 aliphatic heterocycles. The lowest BCUT2D eigenvalue weighted by molar-refractivity contribution is -0.410. The van der Waals surface area contributed by atoms with Gasteiger partial charge >= 0.3 is 5.97 Å². The van der Waals surface area contributed by atoms with Gasteiger partial charge in [-0.25, -0.2) is 4.79 Å². The molecule has 0 bridgehead atoms. The van der Waals surface area contributed by atoms with Crippen LogP contribution in [0.25, 0.3) is 0 Å². The number of quaternary nitrogens is 1. The summed E-state index contributed by atoms with van der Waals surface area (Å²) in [7, 11) is 0. The van der Waals surface area contributed by atoms with E-state index < -0.39 is 0 Å². The molecule has 0 unspecified atom stereocenters. The summed E-state index contributed by atoms with van der Waals surface area (Å²) in [6.07, 6.45) is 6.71. The van der Waals surface area contributed by atoms with Crippen LogP contribution in [0.15, 0.2) is 30.3 Å². The predicted octanol–water partition coefficient (Wildman–Crippen LogP) is -0.508. The standard InChI is InChI=1S/C20H29NO4.ClH/c1-14-19(25-16-8-3-2-4-9-16)18(24-15-10-5-6-11-15)13-7-12-17(21)20(22)23-14;/h2-4,8-9,14-15,17-19H,5-7,10-13,21H2,1H3;1H/t14-,17-,18-,19-;/m0./s1. The largest absolute Gasteiger partial charge is 1.00 e. The van der Waals surface area contributed by atoms with Crippen LogP contribution in [0.5, 0.6) is 5.75 Å². The summed E-state index contributed by atoms with van der Waals surface area (Å²) >= 11 is 0. The predicted molar refractivity (Wildman–Crippen MR) is 94.1 cm³/mol. The second-order valence-electron chi connectivity index (χ2n) is 7.25. The zero-order chi connectivity index (χ0) is 17.6. The second-order valence-corrected chi connectivity index (χ2v) is 7.25. The normalized spacial score (nSPS) is 30.5. The molecule has 0 spiro atoms. The molecule has 3 rings (SSSR count). The molecule has 1 saturated carbocycles. The first-order chi connectivity index (χ1) is 12.1. The highest BCUT2D eigenvalue weighted by Crippen LogP contribution is 2.28. The van der Waals surface area contributed by atoms with Gasteiger partial charge in [0.25, 0.3) is 0 Å². The van der Waals surface area contributed by atoms with Crippen molar-refractivity contribution in [3.8, 4) is 5.75 Å². The molecule has 1 heterocycles. The van der Waals surface area contributed by atoms with Gasteiger partial charge in [0, 0.05) is 6.42 Å². The van der Waals surface area contributed by atoms with E-state index in [0.717, 1.165) is 37.9 Å². The van der Waals surface area contributed by atoms with Crippen LogP contribution in [-0.2, 0) is 14.3 Å². The minimum Gasteiger partial charge on any atom is -1.00 e. The van der Waals surface area contributed by atoms with E-state index in [1.54, 1.807) is 0 Å². The maximum absolute atomic E-state index is 12.2. The van der Waals surface area contributed by atoms with Gasteiger partial charge in [0.2, 0.25) is 0 Å². The van der Waals surface area contributed by atoms with Crippen molar-refractivity contribution in [2.24, 2.45) is 0 Å². The van der Waals surface area contributed by atoms with Crippen molar-refractivity contribution in [3.63, 3.8) is 0 Å². The Morgan fingerprint density at radius 2 is 1.73 bits per heavy atom. The third kappa shape index (κ3) is 5.60. The number of halogens is 1. The molecule has 6 heteroatoms. The summed E-state index contributed by atoms with van der Waals surface area (Å²) < 4.78 is 18.3. The summed E-state index contributed by atoms with van der Waals surface area (Å²) in [4.78, 5) is 12.2. The fourth-order valence-electron chi connectivity index (χ4n) is 3.74. The Bertz CT molecular complexity index is 550. The molecule has 2 fully saturated rings. The molecule has 1 aromatic carbocycles. The average molecular weight is 384 g/mol. The van der Waals surface area contributed by atoms with Crippen LogP contribution in [0.3, 0.4) is 0 Å². The molecule has 1 aromatic rings. The van der Waals surface area contributed by atoms with Gasteiger partial charge in [-0.1, -0.05) is 31.0 Å². The van der Waals surface area contributed by atoms with Gasteiger partial charge in [0.1, 0.15) is 11.9 Å². The van der Waals surface area contributed by atoms with Gasteiger partial charge in [-0.3, -0.25) is 0 Å². The fraction of sp³-hybridized carbons (Fsp3) is 0.650. The SMILES string of the molecule is C[C@@H]1OC(=O)[C@@H]([NH3+])CCC[C@H](OC2CCCC2)[C@H]1Oc1ccccc1.[Cl-]. The molecule has 3 N–H and O–H groups in total. The smallest absolute Gasteiger partial charge is 0.365 e. The van der Waals surface area contributed by atoms with Crippen molar-refractivity contribution in [3.05, 3.63) is 30.3 Å². The molecule has 1 aliphatic carbocycles. The molecule has 1 saturated heterocycles. The first-order valence-corrected chi connectivity index (χ1v) is 9.54. The van der Waals surface area contributed by atoms with Gasteiger partial charge in [-0.2, -0.15) is 0 Å². The minimum absolute atomic E-state index is 0. The third-order valence-electron chi connectivity index (χ3n) is 5.19. The highest BCUT2D eigenvalue weighted by Gasteiger charge is 2.37. The van der Waals surface area contributed by atoms with E-state index in [9.17, 15) is 4.79 Å². The number of cyclic esters (lactones) is 1. The Balaban J connectivity index is 0.00000243. The lowest BCUT2D eigenvalue weighted by Gasteiger charge is -2.33. The number of esters is 1. The van der Waals surface area contributed by atoms with Crippen molar-refractivity contribution in [1.82, 2.24) is 0 Å². The van der Waals surface area contributed by atoms with Crippen molar-refractivity contribution >= 4 is 5.97 Å². The van der Waals surface area contributed by atoms with Crippen LogP contribution in [0.1, 0.15) is 51.9 Å².